The van der Waals surface area contributed by atoms with Gasteiger partial charge in [0.25, 0.3) is 0 Å². The maximum atomic E-state index is 13.7. The van der Waals surface area contributed by atoms with Crippen molar-refractivity contribution in [3.63, 3.8) is 0 Å². The number of hydrogen-bond donors (Lipinski definition) is 1. The number of esters is 1. The van der Waals surface area contributed by atoms with Crippen LogP contribution in [0.4, 0.5) is 10.5 Å². The van der Waals surface area contributed by atoms with Gasteiger partial charge in [-0.05, 0) is 73.8 Å². The molecule has 7 rings (SSSR count). The van der Waals surface area contributed by atoms with E-state index in [9.17, 15) is 19.9 Å². The Morgan fingerprint density at radius 3 is 2.43 bits per heavy atom. The number of anilines is 1. The summed E-state index contributed by atoms with van der Waals surface area (Å²) in [5.41, 5.74) is 1.48. The molecular weight excluding hydrogens is 693 g/mol. The third kappa shape index (κ3) is 7.99. The largest absolute Gasteiger partial charge is 0.619 e. The van der Waals surface area contributed by atoms with Crippen LogP contribution in [0.15, 0.2) is 67.0 Å². The molecule has 0 radical (unpaired) electrons. The number of aromatic hydroxyl groups is 1. The number of carbonyl (C=O) groups is 2. The number of aromatic nitrogens is 1. The Morgan fingerprint density at radius 2 is 1.78 bits per heavy atom. The number of nitrogens with zero attached hydrogens (tertiary/aromatic N) is 3. The second kappa shape index (κ2) is 15.1. The van der Waals surface area contributed by atoms with Gasteiger partial charge in [0.05, 0.1) is 26.5 Å². The molecular formula is C35H35Cl2N3O8S. The van der Waals surface area contributed by atoms with Crippen molar-refractivity contribution in [3.8, 4) is 17.2 Å². The second-order valence-electron chi connectivity index (χ2n) is 11.9. The summed E-state index contributed by atoms with van der Waals surface area (Å²) in [6, 6.07) is 14.9. The first-order valence-corrected chi connectivity index (χ1v) is 17.3. The lowest BCUT2D eigenvalue weighted by molar-refractivity contribution is -0.605. The highest BCUT2D eigenvalue weighted by Crippen LogP contribution is 2.36. The number of rotatable bonds is 11. The van der Waals surface area contributed by atoms with Crippen LogP contribution in [-0.4, -0.2) is 62.0 Å². The van der Waals surface area contributed by atoms with E-state index in [1.165, 1.54) is 55.0 Å². The van der Waals surface area contributed by atoms with Crippen molar-refractivity contribution in [2.24, 2.45) is 5.92 Å². The molecule has 3 aliphatic rings. The molecule has 11 nitrogen and oxygen atoms in total. The number of halogens is 2. The summed E-state index contributed by atoms with van der Waals surface area (Å²) in [6.07, 6.45) is 2.81. The first kappa shape index (κ1) is 34.6. The summed E-state index contributed by atoms with van der Waals surface area (Å²) in [5.74, 6) is 0.642. The molecule has 1 amide bonds. The van der Waals surface area contributed by atoms with Crippen LogP contribution >= 0.6 is 34.5 Å². The quantitative estimate of drug-likeness (QED) is 0.101. The normalized spacial score (nSPS) is 18.8. The molecule has 49 heavy (non-hydrogen) atoms. The summed E-state index contributed by atoms with van der Waals surface area (Å²) in [5, 5.41) is 22.3. The molecule has 0 spiro atoms. The average Bonchev–Trinajstić information content (AvgIpc) is 3.57. The molecule has 2 aromatic heterocycles. The fourth-order valence-corrected chi connectivity index (χ4v) is 7.75. The number of hydrogen-bond acceptors (Lipinski definition) is 10. The zero-order valence-corrected chi connectivity index (χ0v) is 29.2. The van der Waals surface area contributed by atoms with E-state index in [4.69, 9.17) is 42.1 Å². The fraction of sp³-hybridized carbons (Fsp3) is 0.343. The smallest absolute Gasteiger partial charge is 0.414 e. The number of methoxy groups -OCH3 is 2. The number of ether oxygens (including phenoxy) is 4. The lowest BCUT2D eigenvalue weighted by atomic mass is 9.86. The van der Waals surface area contributed by atoms with Gasteiger partial charge in [-0.15, -0.1) is 11.3 Å². The highest BCUT2D eigenvalue weighted by atomic mass is 35.5. The molecule has 0 aliphatic carbocycles. The predicted molar refractivity (Wildman–Crippen MR) is 185 cm³/mol. The monoisotopic (exact) mass is 727 g/mol. The van der Waals surface area contributed by atoms with Crippen LogP contribution < -0.4 is 19.1 Å². The van der Waals surface area contributed by atoms with Crippen LogP contribution in [0.5, 0.6) is 17.2 Å². The Hall–Kier alpha value is -4.23. The molecule has 3 saturated heterocycles. The van der Waals surface area contributed by atoms with E-state index in [-0.39, 0.29) is 34.9 Å². The van der Waals surface area contributed by atoms with Gasteiger partial charge in [-0.25, -0.2) is 9.59 Å². The summed E-state index contributed by atoms with van der Waals surface area (Å²) in [4.78, 5) is 32.1. The zero-order chi connectivity index (χ0) is 34.7. The van der Waals surface area contributed by atoms with E-state index >= 15 is 0 Å². The average molecular weight is 729 g/mol. The number of phenols is 1. The lowest BCUT2D eigenvalue weighted by Crippen LogP contribution is -2.53. The van der Waals surface area contributed by atoms with Crippen molar-refractivity contribution in [2.45, 2.75) is 38.0 Å². The van der Waals surface area contributed by atoms with Gasteiger partial charge in [-0.3, -0.25) is 9.80 Å². The third-order valence-electron chi connectivity index (χ3n) is 8.86. The zero-order valence-electron chi connectivity index (χ0n) is 26.8. The topological polar surface area (TPSA) is 125 Å². The maximum Gasteiger partial charge on any atom is 0.414 e. The molecule has 3 aliphatic heterocycles. The Morgan fingerprint density at radius 1 is 1.04 bits per heavy atom. The van der Waals surface area contributed by atoms with Gasteiger partial charge in [-0.2, -0.15) is 4.73 Å². The standard InChI is InChI=1S/C35H35Cl2N3O8S/c1-45-29-8-6-22(14-31(29)46-2)30(16-26-27(36)18-39(44)19-28(26)37)47-34(42)33-9-7-25(49-33)17-40(23-4-3-5-24(41)15-23)35(43)48-32-20-38-12-10-21(32)11-13-38/h3-9,14-15,18-19,21,30,32,41H,10-13,16-17,20H2,1-2H3/t30-,32-/m0/s1. The molecule has 0 saturated carbocycles. The minimum Gasteiger partial charge on any atom is -0.619 e. The molecule has 14 heteroatoms. The number of fused-ring (bicyclic) bond motifs is 3. The first-order chi connectivity index (χ1) is 23.6. The van der Waals surface area contributed by atoms with Crippen LogP contribution in [0.3, 0.4) is 0 Å². The highest BCUT2D eigenvalue weighted by Gasteiger charge is 2.37. The van der Waals surface area contributed by atoms with Gasteiger partial charge in [-0.1, -0.05) is 35.3 Å². The fourth-order valence-electron chi connectivity index (χ4n) is 6.27. The van der Waals surface area contributed by atoms with E-state index < -0.39 is 18.2 Å². The van der Waals surface area contributed by atoms with E-state index in [1.54, 1.807) is 42.5 Å². The molecule has 2 atom stereocenters. The third-order valence-corrected chi connectivity index (χ3v) is 10.6. The minimum atomic E-state index is -0.879. The molecule has 0 unspecified atom stereocenters. The number of thiophene rings is 1. The van der Waals surface area contributed by atoms with E-state index in [0.717, 1.165) is 25.9 Å². The van der Waals surface area contributed by atoms with Gasteiger partial charge < -0.3 is 29.3 Å². The van der Waals surface area contributed by atoms with Gasteiger partial charge in [0.1, 0.15) is 32.9 Å². The van der Waals surface area contributed by atoms with Crippen molar-refractivity contribution in [1.82, 2.24) is 4.90 Å². The van der Waals surface area contributed by atoms with Crippen molar-refractivity contribution in [2.75, 3.05) is 38.8 Å². The van der Waals surface area contributed by atoms with E-state index in [1.807, 2.05) is 0 Å². The molecule has 5 heterocycles. The Bertz CT molecular complexity index is 1810. The SMILES string of the molecule is COc1ccc([C@H](Cc2c(Cl)c[n+]([O-])cc2Cl)OC(=O)c2ccc(CN(C(=O)O[C@H]3CN4CCC3CC4)c3cccc(O)c3)s2)cc1OC. The Balaban J connectivity index is 1.23. The predicted octanol–water partition coefficient (Wildman–Crippen LogP) is 6.79. The van der Waals surface area contributed by atoms with Gasteiger partial charge in [0.2, 0.25) is 0 Å². The van der Waals surface area contributed by atoms with Crippen molar-refractivity contribution in [1.29, 1.82) is 0 Å². The van der Waals surface area contributed by atoms with Crippen LogP contribution in [0.25, 0.3) is 0 Å². The summed E-state index contributed by atoms with van der Waals surface area (Å²) >= 11 is 14.0. The van der Waals surface area contributed by atoms with Crippen molar-refractivity contribution < 1.29 is 38.4 Å². The summed E-state index contributed by atoms with van der Waals surface area (Å²) < 4.78 is 23.5. The maximum absolute atomic E-state index is 13.7. The second-order valence-corrected chi connectivity index (χ2v) is 13.9. The number of phenolic OH excluding ortho intramolecular Hbond substituents is 1. The molecule has 2 aromatic carbocycles. The Kier molecular flexibility index (Phi) is 10.7. The molecule has 258 valence electrons. The molecule has 4 aromatic rings. The number of amides is 1. The molecule has 2 bridgehead atoms. The van der Waals surface area contributed by atoms with Crippen molar-refractivity contribution in [3.05, 3.63) is 103 Å². The van der Waals surface area contributed by atoms with Gasteiger partial charge >= 0.3 is 12.1 Å². The summed E-state index contributed by atoms with van der Waals surface area (Å²) in [7, 11) is 3.02. The van der Waals surface area contributed by atoms with Crippen LogP contribution in [0, 0.1) is 11.1 Å². The number of benzene rings is 2. The minimum absolute atomic E-state index is 0.0125. The molecule has 1 N–H and O–H groups in total. The van der Waals surface area contributed by atoms with E-state index in [0.29, 0.717) is 55.3 Å². The van der Waals surface area contributed by atoms with E-state index in [2.05, 4.69) is 4.90 Å². The summed E-state index contributed by atoms with van der Waals surface area (Å²) in [6.45, 7) is 2.84. The highest BCUT2D eigenvalue weighted by molar-refractivity contribution is 7.14. The first-order valence-electron chi connectivity index (χ1n) is 15.7. The van der Waals surface area contributed by atoms with Crippen molar-refractivity contribution >= 4 is 52.3 Å². The Labute approximate surface area is 297 Å². The number of piperidine rings is 3. The number of carbonyl (C=O) groups excluding carboxylic acids is 2. The van der Waals surface area contributed by atoms with Crippen LogP contribution in [0.1, 0.15) is 44.6 Å². The molecule has 3 fully saturated rings. The van der Waals surface area contributed by atoms with Crippen LogP contribution in [-0.2, 0) is 22.4 Å². The number of pyridine rings is 1. The van der Waals surface area contributed by atoms with Gasteiger partial charge in [0.15, 0.2) is 23.9 Å². The lowest BCUT2D eigenvalue weighted by Gasteiger charge is -2.44. The van der Waals surface area contributed by atoms with Crippen LogP contribution in [0.2, 0.25) is 10.0 Å². The van der Waals surface area contributed by atoms with Gasteiger partial charge in [0, 0.05) is 29.5 Å².